The summed E-state index contributed by atoms with van der Waals surface area (Å²) in [6.45, 7) is -2.37. The first kappa shape index (κ1) is 8.98. The van der Waals surface area contributed by atoms with Crippen LogP contribution in [0, 0.1) is 0 Å². The Bertz CT molecular complexity index is 504. The first-order valence-electron chi connectivity index (χ1n) is 4.27. The van der Waals surface area contributed by atoms with Gasteiger partial charge in [-0.2, -0.15) is 0 Å². The van der Waals surface area contributed by atoms with Crippen LogP contribution in [-0.2, 0) is 0 Å². The molecular weight excluding hydrogens is 251 g/mol. The summed E-state index contributed by atoms with van der Waals surface area (Å²) in [7, 11) is 0. The highest BCUT2D eigenvalue weighted by Gasteiger charge is 2.44. The van der Waals surface area contributed by atoms with Gasteiger partial charge in [0, 0.05) is 4.50 Å². The highest BCUT2D eigenvalue weighted by Crippen LogP contribution is 2.34. The first-order valence-corrected chi connectivity index (χ1v) is 9.17. The summed E-state index contributed by atoms with van der Waals surface area (Å²) < 4.78 is 1.18. The summed E-state index contributed by atoms with van der Waals surface area (Å²) in [5.74, 6) is 0. The van der Waals surface area contributed by atoms with Crippen LogP contribution in [0.4, 0.5) is 0 Å². The van der Waals surface area contributed by atoms with E-state index in [1.54, 1.807) is 11.3 Å². The van der Waals surface area contributed by atoms with Gasteiger partial charge in [-0.15, -0.1) is 33.5 Å². The Labute approximate surface area is 96.5 Å². The molecule has 1 aliphatic heterocycles. The second-order valence-electron chi connectivity index (χ2n) is 3.28. The number of benzene rings is 1. The molecule has 70 valence electrons. The third-order valence-electron chi connectivity index (χ3n) is 2.51. The molecule has 0 amide bonds. The van der Waals surface area contributed by atoms with Crippen LogP contribution in [0.5, 0.6) is 0 Å². The molecule has 0 nitrogen and oxygen atoms in total. The minimum atomic E-state index is -2.37. The van der Waals surface area contributed by atoms with Crippen LogP contribution < -0.4 is 9.69 Å². The van der Waals surface area contributed by atoms with Crippen LogP contribution in [-0.4, -0.2) is 6.69 Å². The van der Waals surface area contributed by atoms with Gasteiger partial charge in [0.2, 0.25) is 0 Å². The summed E-state index contributed by atoms with van der Waals surface area (Å²) in [5, 5.41) is 3.21. The normalized spacial score (nSPS) is 16.4. The molecule has 0 unspecified atom stereocenters. The lowest BCUT2D eigenvalue weighted by Crippen LogP contribution is -2.43. The van der Waals surface area contributed by atoms with Gasteiger partial charge in [-0.25, -0.2) is 0 Å². The summed E-state index contributed by atoms with van der Waals surface area (Å²) in [4.78, 5) is 0. The van der Waals surface area contributed by atoms with E-state index in [-0.39, 0.29) is 0 Å². The Balaban J connectivity index is 2.42. The second-order valence-corrected chi connectivity index (χ2v) is 10.7. The van der Waals surface area contributed by atoms with Crippen LogP contribution in [0.3, 0.4) is 0 Å². The molecule has 14 heavy (non-hydrogen) atoms. The van der Waals surface area contributed by atoms with Gasteiger partial charge in [-0.3, -0.25) is 0 Å². The van der Waals surface area contributed by atoms with E-state index in [9.17, 15) is 0 Å². The Morgan fingerprint density at radius 1 is 1.00 bits per heavy atom. The van der Waals surface area contributed by atoms with Crippen LogP contribution in [0.25, 0.3) is 11.1 Å². The van der Waals surface area contributed by atoms with Gasteiger partial charge >= 0.3 is 6.69 Å². The van der Waals surface area contributed by atoms with E-state index >= 15 is 0 Å². The average molecular weight is 257 g/mol. The van der Waals surface area contributed by atoms with E-state index in [4.69, 9.17) is 22.2 Å². The monoisotopic (exact) mass is 256 g/mol. The molecule has 0 saturated carbocycles. The van der Waals surface area contributed by atoms with Gasteiger partial charge in [0.1, 0.15) is 0 Å². The predicted molar refractivity (Wildman–Crippen MR) is 66.5 cm³/mol. The van der Waals surface area contributed by atoms with E-state index in [0.29, 0.717) is 0 Å². The van der Waals surface area contributed by atoms with Crippen molar-refractivity contribution in [1.29, 1.82) is 0 Å². The number of hydrogen-bond donors (Lipinski definition) is 0. The lowest BCUT2D eigenvalue weighted by Gasteiger charge is -2.09. The van der Waals surface area contributed by atoms with Crippen molar-refractivity contribution in [3.05, 3.63) is 35.7 Å². The fourth-order valence-corrected chi connectivity index (χ4v) is 7.71. The molecule has 0 atom stereocenters. The fourth-order valence-electron chi connectivity index (χ4n) is 1.88. The van der Waals surface area contributed by atoms with E-state index in [0.717, 1.165) is 5.19 Å². The maximum absolute atomic E-state index is 6.48. The predicted octanol–water partition coefficient (Wildman–Crippen LogP) is 2.76. The van der Waals surface area contributed by atoms with E-state index in [1.807, 2.05) is 18.2 Å². The zero-order valence-electron chi connectivity index (χ0n) is 7.13. The van der Waals surface area contributed by atoms with Crippen molar-refractivity contribution in [2.75, 3.05) is 0 Å². The van der Waals surface area contributed by atoms with Crippen LogP contribution in [0.2, 0.25) is 0 Å². The number of fused-ring (bicyclic) bond motifs is 3. The third-order valence-corrected chi connectivity index (χ3v) is 9.49. The number of thiophene rings is 1. The Morgan fingerprint density at radius 2 is 1.79 bits per heavy atom. The smallest absolute Gasteiger partial charge is 0.150 e. The number of halogens is 2. The van der Waals surface area contributed by atoms with E-state index < -0.39 is 6.69 Å². The lowest BCUT2D eigenvalue weighted by atomic mass is 10.1. The van der Waals surface area contributed by atoms with Gasteiger partial charge in [-0.1, -0.05) is 24.3 Å². The summed E-state index contributed by atoms with van der Waals surface area (Å²) >= 11 is 14.6. The molecule has 1 aliphatic rings. The summed E-state index contributed by atoms with van der Waals surface area (Å²) in [6, 6.07) is 10.3. The Kier molecular flexibility index (Phi) is 1.83. The molecule has 2 heterocycles. The minimum absolute atomic E-state index is 1.14. The van der Waals surface area contributed by atoms with Crippen LogP contribution in [0.15, 0.2) is 35.7 Å². The van der Waals surface area contributed by atoms with Gasteiger partial charge in [0.15, 0.2) is 0 Å². The highest BCUT2D eigenvalue weighted by atomic mass is 35.7. The summed E-state index contributed by atoms with van der Waals surface area (Å²) in [5.41, 5.74) is 2.46. The molecule has 0 radical (unpaired) electrons. The van der Waals surface area contributed by atoms with Crippen LogP contribution in [0.1, 0.15) is 0 Å². The van der Waals surface area contributed by atoms with Crippen molar-refractivity contribution in [2.45, 2.75) is 0 Å². The maximum atomic E-state index is 6.48. The Morgan fingerprint density at radius 3 is 2.64 bits per heavy atom. The standard InChI is InChI=1S/C10H6Cl2SSi/c11-14(12)9-4-2-1-3-7(9)8-5-6-13-10(8)14/h1-6H. The molecule has 0 fully saturated rings. The molecule has 2 aromatic rings. The van der Waals surface area contributed by atoms with Gasteiger partial charge < -0.3 is 0 Å². The van der Waals surface area contributed by atoms with Crippen molar-refractivity contribution >= 4 is 49.9 Å². The first-order chi connectivity index (χ1) is 6.71. The molecule has 0 spiro atoms. The van der Waals surface area contributed by atoms with Crippen molar-refractivity contribution in [2.24, 2.45) is 0 Å². The molecular formula is C10H6Cl2SSi. The largest absolute Gasteiger partial charge is 0.321 e. The Hall–Kier alpha value is -0.283. The summed E-state index contributed by atoms with van der Waals surface area (Å²) in [6.07, 6.45) is 0. The van der Waals surface area contributed by atoms with Crippen molar-refractivity contribution in [1.82, 2.24) is 0 Å². The third kappa shape index (κ3) is 0.998. The zero-order chi connectivity index (χ0) is 9.76. The van der Waals surface area contributed by atoms with Crippen molar-refractivity contribution in [3.8, 4) is 11.1 Å². The van der Waals surface area contributed by atoms with Gasteiger partial charge in [-0.05, 0) is 27.8 Å². The van der Waals surface area contributed by atoms with Gasteiger partial charge in [0.05, 0.1) is 0 Å². The lowest BCUT2D eigenvalue weighted by molar-refractivity contribution is 1.75. The van der Waals surface area contributed by atoms with Crippen LogP contribution >= 0.6 is 33.5 Å². The van der Waals surface area contributed by atoms with E-state index in [2.05, 4.69) is 17.5 Å². The minimum Gasteiger partial charge on any atom is -0.150 e. The quantitative estimate of drug-likeness (QED) is 0.503. The molecule has 1 aromatic carbocycles. The van der Waals surface area contributed by atoms with Crippen molar-refractivity contribution < 1.29 is 0 Å². The highest BCUT2D eigenvalue weighted by molar-refractivity contribution is 7.62. The number of hydrogen-bond acceptors (Lipinski definition) is 1. The fraction of sp³-hybridized carbons (Fsp3) is 0. The molecule has 0 saturated heterocycles. The number of rotatable bonds is 0. The molecule has 0 bridgehead atoms. The maximum Gasteiger partial charge on any atom is 0.321 e. The molecule has 3 rings (SSSR count). The average Bonchev–Trinajstić information content (AvgIpc) is 2.72. The molecule has 0 N–H and O–H groups in total. The zero-order valence-corrected chi connectivity index (χ0v) is 10.5. The van der Waals surface area contributed by atoms with Gasteiger partial charge in [0.25, 0.3) is 0 Å². The van der Waals surface area contributed by atoms with E-state index in [1.165, 1.54) is 15.6 Å². The molecule has 1 aromatic heterocycles. The topological polar surface area (TPSA) is 0 Å². The second kappa shape index (κ2) is 2.86. The molecule has 4 heteroatoms. The van der Waals surface area contributed by atoms with Crippen molar-refractivity contribution in [3.63, 3.8) is 0 Å². The molecule has 0 aliphatic carbocycles. The SMILES string of the molecule is Cl[Si]1(Cl)c2ccccc2-c2ccsc21.